The molecule has 2 aliphatic heterocycles. The third kappa shape index (κ3) is 4.14. The number of H-pyrrole nitrogens is 1. The summed E-state index contributed by atoms with van der Waals surface area (Å²) in [5.41, 5.74) is 3.65. The van der Waals surface area contributed by atoms with E-state index in [2.05, 4.69) is 16.0 Å². The Morgan fingerprint density at radius 2 is 2.03 bits per heavy atom. The van der Waals surface area contributed by atoms with E-state index in [1.54, 1.807) is 24.3 Å². The van der Waals surface area contributed by atoms with Crippen molar-refractivity contribution < 1.29 is 23.4 Å². The number of pyridine rings is 1. The molecule has 8 heteroatoms. The zero-order chi connectivity index (χ0) is 24.0. The fourth-order valence-electron chi connectivity index (χ4n) is 4.72. The number of nitrogens with one attached hydrogen (secondary N) is 1. The van der Waals surface area contributed by atoms with Crippen molar-refractivity contribution in [2.45, 2.75) is 44.9 Å². The number of carbonyl (C=O) groups excluding carboxylic acids is 1. The molecule has 0 aliphatic carbocycles. The van der Waals surface area contributed by atoms with Gasteiger partial charge in [0.2, 0.25) is 0 Å². The van der Waals surface area contributed by atoms with Crippen LogP contribution in [0, 0.1) is 5.82 Å². The van der Waals surface area contributed by atoms with Gasteiger partial charge in [0.25, 0.3) is 0 Å². The lowest BCUT2D eigenvalue weighted by Gasteiger charge is -2.44. The van der Waals surface area contributed by atoms with Crippen LogP contribution in [0.4, 0.5) is 9.18 Å². The number of halogens is 1. The Morgan fingerprint density at radius 3 is 2.76 bits per heavy atom. The van der Waals surface area contributed by atoms with E-state index in [0.29, 0.717) is 36.6 Å². The smallest absolute Gasteiger partial charge is 0.411 e. The highest BCUT2D eigenvalue weighted by molar-refractivity contribution is 5.97. The second kappa shape index (κ2) is 8.43. The molecular formula is C26H28FN3O4. The summed E-state index contributed by atoms with van der Waals surface area (Å²) < 4.78 is 30.9. The first-order valence-corrected chi connectivity index (χ1v) is 11.4. The van der Waals surface area contributed by atoms with Gasteiger partial charge in [0, 0.05) is 22.8 Å². The van der Waals surface area contributed by atoms with E-state index in [4.69, 9.17) is 14.2 Å². The molecule has 0 spiro atoms. The molecule has 0 radical (unpaired) electrons. The second-order valence-electron chi connectivity index (χ2n) is 9.69. The van der Waals surface area contributed by atoms with Crippen molar-refractivity contribution in [2.75, 3.05) is 20.3 Å². The van der Waals surface area contributed by atoms with Crippen molar-refractivity contribution in [3.8, 4) is 16.9 Å². The maximum atomic E-state index is 14.1. The summed E-state index contributed by atoms with van der Waals surface area (Å²) in [7, 11) is 1.57. The summed E-state index contributed by atoms with van der Waals surface area (Å²) in [6, 6.07) is 8.05. The largest absolute Gasteiger partial charge is 0.496 e. The molecule has 1 aromatic carbocycles. The van der Waals surface area contributed by atoms with Gasteiger partial charge in [0.1, 0.15) is 22.8 Å². The number of rotatable bonds is 3. The SMILES string of the molecule is COc1ccc(F)cc1-c1ccnc2[nH]c(C3=CC4COCC(C3)N4C(=O)OC(C)(C)C)cc12. The van der Waals surface area contributed by atoms with Gasteiger partial charge < -0.3 is 19.2 Å². The van der Waals surface area contributed by atoms with Crippen LogP contribution in [0.25, 0.3) is 27.7 Å². The van der Waals surface area contributed by atoms with Crippen LogP contribution in [0.1, 0.15) is 32.9 Å². The molecule has 2 aliphatic rings. The summed E-state index contributed by atoms with van der Waals surface area (Å²) in [4.78, 5) is 22.6. The molecular weight excluding hydrogens is 437 g/mol. The standard InChI is InChI=1S/C26H28FN3O4/c1-26(2,3)34-25(31)30-17-9-15(10-18(30)14-33-13-17)22-12-21-19(7-8-28-24(21)29-22)20-11-16(27)5-6-23(20)32-4/h5-9,11-12,17-18H,10,13-14H2,1-4H3,(H,28,29). The molecule has 7 nitrogen and oxygen atoms in total. The molecule has 5 rings (SSSR count). The summed E-state index contributed by atoms with van der Waals surface area (Å²) in [6.07, 6.45) is 4.07. The number of benzene rings is 1. The maximum Gasteiger partial charge on any atom is 0.411 e. The summed E-state index contributed by atoms with van der Waals surface area (Å²) in [5, 5.41) is 0.873. The van der Waals surface area contributed by atoms with Crippen LogP contribution in [-0.2, 0) is 9.47 Å². The van der Waals surface area contributed by atoms with Crippen LogP contribution in [0.5, 0.6) is 5.75 Å². The Bertz CT molecular complexity index is 1280. The maximum absolute atomic E-state index is 14.1. The van der Waals surface area contributed by atoms with Gasteiger partial charge in [0.15, 0.2) is 0 Å². The van der Waals surface area contributed by atoms with Gasteiger partial charge in [0.05, 0.1) is 32.4 Å². The molecule has 1 amide bonds. The number of morpholine rings is 1. The molecule has 2 atom stereocenters. The topological polar surface area (TPSA) is 76.7 Å². The van der Waals surface area contributed by atoms with Crippen molar-refractivity contribution in [1.82, 2.24) is 14.9 Å². The molecule has 2 bridgehead atoms. The lowest BCUT2D eigenvalue weighted by Crippen LogP contribution is -2.57. The van der Waals surface area contributed by atoms with Crippen LogP contribution >= 0.6 is 0 Å². The number of fused-ring (bicyclic) bond motifs is 3. The minimum Gasteiger partial charge on any atom is -0.496 e. The van der Waals surface area contributed by atoms with Gasteiger partial charge in [-0.1, -0.05) is 6.08 Å². The number of carbonyl (C=O) groups is 1. The van der Waals surface area contributed by atoms with Crippen molar-refractivity contribution >= 4 is 22.7 Å². The quantitative estimate of drug-likeness (QED) is 0.578. The summed E-state index contributed by atoms with van der Waals surface area (Å²) >= 11 is 0. The van der Waals surface area contributed by atoms with Gasteiger partial charge in [-0.2, -0.15) is 0 Å². The Balaban J connectivity index is 1.52. The van der Waals surface area contributed by atoms with Crippen molar-refractivity contribution in [3.05, 3.63) is 54.1 Å². The van der Waals surface area contributed by atoms with E-state index in [-0.39, 0.29) is 24.0 Å². The van der Waals surface area contributed by atoms with Gasteiger partial charge in [-0.3, -0.25) is 4.90 Å². The van der Waals surface area contributed by atoms with Gasteiger partial charge >= 0.3 is 6.09 Å². The highest BCUT2D eigenvalue weighted by atomic mass is 19.1. The van der Waals surface area contributed by atoms with Crippen LogP contribution in [0.2, 0.25) is 0 Å². The molecule has 1 fully saturated rings. The van der Waals surface area contributed by atoms with E-state index in [1.807, 2.05) is 32.9 Å². The first-order valence-electron chi connectivity index (χ1n) is 11.4. The Hall–Kier alpha value is -3.39. The van der Waals surface area contributed by atoms with Gasteiger partial charge in [-0.05, 0) is 68.7 Å². The number of aromatic amines is 1. The van der Waals surface area contributed by atoms with Gasteiger partial charge in [-0.15, -0.1) is 0 Å². The van der Waals surface area contributed by atoms with E-state index >= 15 is 0 Å². The van der Waals surface area contributed by atoms with E-state index < -0.39 is 5.60 Å². The fourth-order valence-corrected chi connectivity index (χ4v) is 4.72. The zero-order valence-corrected chi connectivity index (χ0v) is 19.7. The fraction of sp³-hybridized carbons (Fsp3) is 0.385. The van der Waals surface area contributed by atoms with Crippen molar-refractivity contribution in [2.24, 2.45) is 0 Å². The molecule has 178 valence electrons. The second-order valence-corrected chi connectivity index (χ2v) is 9.69. The normalized spacial score (nSPS) is 20.3. The number of methoxy groups -OCH3 is 1. The third-order valence-electron chi connectivity index (χ3n) is 6.13. The number of aromatic nitrogens is 2. The first kappa shape index (κ1) is 22.4. The molecule has 2 unspecified atom stereocenters. The molecule has 1 saturated heterocycles. The number of amides is 1. The molecule has 4 heterocycles. The monoisotopic (exact) mass is 465 g/mol. The number of hydrogen-bond acceptors (Lipinski definition) is 5. The lowest BCUT2D eigenvalue weighted by atomic mass is 9.92. The first-order chi connectivity index (χ1) is 16.2. The summed E-state index contributed by atoms with van der Waals surface area (Å²) in [6.45, 7) is 6.47. The predicted molar refractivity (Wildman–Crippen MR) is 127 cm³/mol. The Kier molecular flexibility index (Phi) is 5.56. The van der Waals surface area contributed by atoms with Crippen LogP contribution in [0.15, 0.2) is 42.6 Å². The van der Waals surface area contributed by atoms with Crippen molar-refractivity contribution in [1.29, 1.82) is 0 Å². The molecule has 3 aromatic rings. The number of ether oxygens (including phenoxy) is 3. The van der Waals surface area contributed by atoms with Crippen LogP contribution in [0.3, 0.4) is 0 Å². The van der Waals surface area contributed by atoms with E-state index in [9.17, 15) is 9.18 Å². The number of nitrogens with zero attached hydrogens (tertiary/aromatic N) is 2. The highest BCUT2D eigenvalue weighted by Crippen LogP contribution is 2.38. The molecule has 34 heavy (non-hydrogen) atoms. The van der Waals surface area contributed by atoms with Crippen LogP contribution in [-0.4, -0.2) is 59.0 Å². The Labute approximate surface area is 197 Å². The minimum absolute atomic E-state index is 0.115. The summed E-state index contributed by atoms with van der Waals surface area (Å²) in [5.74, 6) is 0.259. The molecule has 2 aromatic heterocycles. The lowest BCUT2D eigenvalue weighted by molar-refractivity contribution is -0.0511. The van der Waals surface area contributed by atoms with Crippen LogP contribution < -0.4 is 4.74 Å². The molecule has 0 saturated carbocycles. The minimum atomic E-state index is -0.562. The van der Waals surface area contributed by atoms with Gasteiger partial charge in [-0.25, -0.2) is 14.2 Å². The molecule has 1 N–H and O–H groups in total. The third-order valence-corrected chi connectivity index (χ3v) is 6.13. The van der Waals surface area contributed by atoms with E-state index in [1.165, 1.54) is 12.1 Å². The zero-order valence-electron chi connectivity index (χ0n) is 19.7. The average Bonchev–Trinajstić information content (AvgIpc) is 3.21. The number of hydrogen-bond donors (Lipinski definition) is 1. The predicted octanol–water partition coefficient (Wildman–Crippen LogP) is 5.17. The van der Waals surface area contributed by atoms with Crippen molar-refractivity contribution in [3.63, 3.8) is 0 Å². The average molecular weight is 466 g/mol. The Morgan fingerprint density at radius 1 is 1.21 bits per heavy atom. The highest BCUT2D eigenvalue weighted by Gasteiger charge is 2.40. The van der Waals surface area contributed by atoms with E-state index in [0.717, 1.165) is 22.2 Å².